The maximum atomic E-state index is 14.0. The van der Waals surface area contributed by atoms with Gasteiger partial charge >= 0.3 is 5.97 Å². The zero-order valence-electron chi connectivity index (χ0n) is 10.9. The van der Waals surface area contributed by atoms with E-state index in [1.54, 1.807) is 6.92 Å². The molecule has 0 saturated carbocycles. The molecule has 0 aliphatic rings. The molecule has 2 aromatic carbocycles. The highest BCUT2D eigenvalue weighted by Crippen LogP contribution is 2.32. The Morgan fingerprint density at radius 2 is 1.75 bits per heavy atom. The Labute approximate surface area is 114 Å². The van der Waals surface area contributed by atoms with E-state index < -0.39 is 17.6 Å². The average molecular weight is 278 g/mol. The summed E-state index contributed by atoms with van der Waals surface area (Å²) in [6.07, 6.45) is 0. The number of aromatic carboxylic acids is 1. The summed E-state index contributed by atoms with van der Waals surface area (Å²) in [5.74, 6) is -2.68. The quantitative estimate of drug-likeness (QED) is 0.932. The standard InChI is InChI=1S/C15H12F2O3/c1-8-3-4-9(15(18)19)5-11(8)14-12(16)6-10(20-2)7-13(14)17/h3-7H,1-2H3,(H,18,19). The van der Waals surface area contributed by atoms with Crippen molar-refractivity contribution in [3.8, 4) is 16.9 Å². The number of ether oxygens (including phenoxy) is 1. The molecule has 5 heteroatoms. The van der Waals surface area contributed by atoms with Gasteiger partial charge in [0.05, 0.1) is 18.2 Å². The van der Waals surface area contributed by atoms with Crippen molar-refractivity contribution in [1.29, 1.82) is 0 Å². The summed E-state index contributed by atoms with van der Waals surface area (Å²) < 4.78 is 32.8. The van der Waals surface area contributed by atoms with Gasteiger partial charge in [-0.05, 0) is 30.2 Å². The fourth-order valence-electron chi connectivity index (χ4n) is 1.95. The molecule has 0 bridgehead atoms. The molecule has 0 spiro atoms. The van der Waals surface area contributed by atoms with Gasteiger partial charge in [0.2, 0.25) is 0 Å². The summed E-state index contributed by atoms with van der Waals surface area (Å²) in [4.78, 5) is 11.0. The van der Waals surface area contributed by atoms with Crippen LogP contribution in [-0.4, -0.2) is 18.2 Å². The van der Waals surface area contributed by atoms with Gasteiger partial charge in [-0.15, -0.1) is 0 Å². The molecule has 0 saturated heterocycles. The molecular formula is C15H12F2O3. The van der Waals surface area contributed by atoms with Crippen LogP contribution in [0.1, 0.15) is 15.9 Å². The van der Waals surface area contributed by atoms with Gasteiger partial charge in [-0.1, -0.05) is 6.07 Å². The molecule has 0 fully saturated rings. The third kappa shape index (κ3) is 2.47. The normalized spacial score (nSPS) is 10.4. The zero-order valence-corrected chi connectivity index (χ0v) is 10.9. The number of methoxy groups -OCH3 is 1. The van der Waals surface area contributed by atoms with Crippen LogP contribution in [0.5, 0.6) is 5.75 Å². The molecular weight excluding hydrogens is 266 g/mol. The molecule has 0 heterocycles. The third-order valence-electron chi connectivity index (χ3n) is 3.01. The summed E-state index contributed by atoms with van der Waals surface area (Å²) in [7, 11) is 1.31. The van der Waals surface area contributed by atoms with Crippen molar-refractivity contribution in [1.82, 2.24) is 0 Å². The monoisotopic (exact) mass is 278 g/mol. The molecule has 0 atom stereocenters. The van der Waals surface area contributed by atoms with Crippen molar-refractivity contribution in [3.63, 3.8) is 0 Å². The number of carboxylic acids is 1. The lowest BCUT2D eigenvalue weighted by Crippen LogP contribution is -2.00. The second-order valence-electron chi connectivity index (χ2n) is 4.30. The van der Waals surface area contributed by atoms with Gasteiger partial charge in [0.25, 0.3) is 0 Å². The fraction of sp³-hybridized carbons (Fsp3) is 0.133. The topological polar surface area (TPSA) is 46.5 Å². The van der Waals surface area contributed by atoms with Gasteiger partial charge in [-0.2, -0.15) is 0 Å². The van der Waals surface area contributed by atoms with Crippen LogP contribution < -0.4 is 4.74 Å². The van der Waals surface area contributed by atoms with Gasteiger partial charge in [0.15, 0.2) is 0 Å². The number of benzene rings is 2. The molecule has 104 valence electrons. The van der Waals surface area contributed by atoms with Crippen LogP contribution >= 0.6 is 0 Å². The number of hydrogen-bond donors (Lipinski definition) is 1. The first-order valence-electron chi connectivity index (χ1n) is 5.81. The van der Waals surface area contributed by atoms with Crippen LogP contribution in [0.25, 0.3) is 11.1 Å². The maximum Gasteiger partial charge on any atom is 0.335 e. The van der Waals surface area contributed by atoms with Crippen LogP contribution in [0.15, 0.2) is 30.3 Å². The Kier molecular flexibility index (Phi) is 3.70. The molecule has 0 amide bonds. The molecule has 20 heavy (non-hydrogen) atoms. The largest absolute Gasteiger partial charge is 0.497 e. The molecule has 0 radical (unpaired) electrons. The lowest BCUT2D eigenvalue weighted by molar-refractivity contribution is 0.0697. The second kappa shape index (κ2) is 5.28. The highest BCUT2D eigenvalue weighted by atomic mass is 19.1. The van der Waals surface area contributed by atoms with Crippen LogP contribution in [0.3, 0.4) is 0 Å². The molecule has 0 aliphatic heterocycles. The molecule has 0 aliphatic carbocycles. The van der Waals surface area contributed by atoms with Crippen LogP contribution in [0.2, 0.25) is 0 Å². The lowest BCUT2D eigenvalue weighted by Gasteiger charge is -2.11. The SMILES string of the molecule is COc1cc(F)c(-c2cc(C(=O)O)ccc2C)c(F)c1. The summed E-state index contributed by atoms with van der Waals surface area (Å²) in [5.41, 5.74) is 0.507. The first kappa shape index (κ1) is 14.0. The first-order chi connectivity index (χ1) is 9.43. The third-order valence-corrected chi connectivity index (χ3v) is 3.01. The lowest BCUT2D eigenvalue weighted by atomic mass is 9.97. The first-order valence-corrected chi connectivity index (χ1v) is 5.81. The van der Waals surface area contributed by atoms with Crippen LogP contribution in [0, 0.1) is 18.6 Å². The van der Waals surface area contributed by atoms with E-state index in [4.69, 9.17) is 9.84 Å². The number of carboxylic acid groups (broad SMARTS) is 1. The molecule has 1 N–H and O–H groups in total. The summed E-state index contributed by atoms with van der Waals surface area (Å²) in [6.45, 7) is 1.66. The summed E-state index contributed by atoms with van der Waals surface area (Å²) in [6, 6.07) is 6.28. The van der Waals surface area contributed by atoms with Gasteiger partial charge in [-0.25, -0.2) is 13.6 Å². The Bertz CT molecular complexity index is 658. The van der Waals surface area contributed by atoms with Crippen molar-refractivity contribution >= 4 is 5.97 Å². The molecule has 0 unspecified atom stereocenters. The Morgan fingerprint density at radius 3 is 2.25 bits per heavy atom. The van der Waals surface area contributed by atoms with Gasteiger partial charge in [0, 0.05) is 12.1 Å². The van der Waals surface area contributed by atoms with Crippen molar-refractivity contribution in [2.24, 2.45) is 0 Å². The number of hydrogen-bond acceptors (Lipinski definition) is 2. The number of halogens is 2. The average Bonchev–Trinajstić information content (AvgIpc) is 2.39. The molecule has 2 aromatic rings. The predicted molar refractivity (Wildman–Crippen MR) is 70.0 cm³/mol. The van der Waals surface area contributed by atoms with Crippen LogP contribution in [0.4, 0.5) is 8.78 Å². The number of carbonyl (C=O) groups is 1. The number of aryl methyl sites for hydroxylation is 1. The van der Waals surface area contributed by atoms with Crippen molar-refractivity contribution in [3.05, 3.63) is 53.1 Å². The van der Waals surface area contributed by atoms with Crippen molar-refractivity contribution in [2.45, 2.75) is 6.92 Å². The minimum atomic E-state index is -1.15. The van der Waals surface area contributed by atoms with E-state index in [0.717, 1.165) is 12.1 Å². The minimum Gasteiger partial charge on any atom is -0.497 e. The summed E-state index contributed by atoms with van der Waals surface area (Å²) >= 11 is 0. The smallest absolute Gasteiger partial charge is 0.335 e. The van der Waals surface area contributed by atoms with Crippen molar-refractivity contribution < 1.29 is 23.4 Å². The van der Waals surface area contributed by atoms with Crippen molar-refractivity contribution in [2.75, 3.05) is 7.11 Å². The maximum absolute atomic E-state index is 14.0. The fourth-order valence-corrected chi connectivity index (χ4v) is 1.95. The molecule has 2 rings (SSSR count). The van der Waals surface area contributed by atoms with E-state index in [2.05, 4.69) is 0 Å². The minimum absolute atomic E-state index is 0.0276. The van der Waals surface area contributed by atoms with E-state index in [1.807, 2.05) is 0 Å². The second-order valence-corrected chi connectivity index (χ2v) is 4.30. The Morgan fingerprint density at radius 1 is 1.15 bits per heavy atom. The van der Waals surface area contributed by atoms with Gasteiger partial charge in [0.1, 0.15) is 17.4 Å². The van der Waals surface area contributed by atoms with E-state index in [-0.39, 0.29) is 22.4 Å². The Hall–Kier alpha value is -2.43. The van der Waals surface area contributed by atoms with E-state index in [1.165, 1.54) is 25.3 Å². The summed E-state index contributed by atoms with van der Waals surface area (Å²) in [5, 5.41) is 8.96. The predicted octanol–water partition coefficient (Wildman–Crippen LogP) is 3.65. The highest BCUT2D eigenvalue weighted by molar-refractivity contribution is 5.90. The number of rotatable bonds is 3. The van der Waals surface area contributed by atoms with Crippen LogP contribution in [-0.2, 0) is 0 Å². The molecule has 0 aromatic heterocycles. The highest BCUT2D eigenvalue weighted by Gasteiger charge is 2.17. The van der Waals surface area contributed by atoms with Gasteiger partial charge in [-0.3, -0.25) is 0 Å². The Balaban J connectivity index is 2.68. The molecule has 3 nitrogen and oxygen atoms in total. The van der Waals surface area contributed by atoms with E-state index >= 15 is 0 Å². The van der Waals surface area contributed by atoms with E-state index in [0.29, 0.717) is 5.56 Å². The van der Waals surface area contributed by atoms with Gasteiger partial charge < -0.3 is 9.84 Å². The van der Waals surface area contributed by atoms with E-state index in [9.17, 15) is 13.6 Å². The zero-order chi connectivity index (χ0) is 14.9.